The average Bonchev–Trinajstić information content (AvgIpc) is 2.81. The largest absolute Gasteiger partial charge is 0.272 e. The van der Waals surface area contributed by atoms with Crippen molar-refractivity contribution in [2.45, 2.75) is 38.6 Å². The van der Waals surface area contributed by atoms with Crippen molar-refractivity contribution in [1.82, 2.24) is 9.78 Å². The normalized spacial score (nSPS) is 18.1. The average molecular weight is 188 g/mol. The summed E-state index contributed by atoms with van der Waals surface area (Å²) >= 11 is 0. The Labute approximate surface area is 85.3 Å². The summed E-state index contributed by atoms with van der Waals surface area (Å²) in [5.41, 5.74) is 1.26. The molecule has 1 aliphatic carbocycles. The molecule has 0 radical (unpaired) electrons. The molecule has 1 heterocycles. The third kappa shape index (κ3) is 1.55. The monoisotopic (exact) mass is 188 g/mol. The number of rotatable bonds is 3. The molecule has 0 atom stereocenters. The van der Waals surface area contributed by atoms with Crippen LogP contribution in [0.3, 0.4) is 0 Å². The lowest BCUT2D eigenvalue weighted by atomic mass is 10.0. The van der Waals surface area contributed by atoms with Gasteiger partial charge >= 0.3 is 0 Å². The molecule has 74 valence electrons. The van der Waals surface area contributed by atoms with Crippen LogP contribution in [-0.4, -0.2) is 9.78 Å². The minimum atomic E-state index is 0.0369. The molecular formula is C12H16N2. The van der Waals surface area contributed by atoms with E-state index in [0.717, 1.165) is 19.4 Å². The smallest absolute Gasteiger partial charge is 0.0592 e. The Morgan fingerprint density at radius 3 is 2.86 bits per heavy atom. The molecule has 0 bridgehead atoms. The van der Waals surface area contributed by atoms with E-state index in [-0.39, 0.29) is 5.41 Å². The number of hydrogen-bond donors (Lipinski definition) is 0. The molecular weight excluding hydrogens is 172 g/mol. The van der Waals surface area contributed by atoms with Crippen LogP contribution in [0.4, 0.5) is 0 Å². The maximum absolute atomic E-state index is 5.52. The first-order valence-corrected chi connectivity index (χ1v) is 5.17. The van der Waals surface area contributed by atoms with E-state index >= 15 is 0 Å². The quantitative estimate of drug-likeness (QED) is 0.665. The fourth-order valence-electron chi connectivity index (χ4n) is 1.73. The Hall–Kier alpha value is -1.23. The van der Waals surface area contributed by atoms with Gasteiger partial charge in [0, 0.05) is 18.3 Å². The molecule has 2 heteroatoms. The Bertz CT molecular complexity index is 364. The summed E-state index contributed by atoms with van der Waals surface area (Å²) in [6.07, 6.45) is 11.8. The van der Waals surface area contributed by atoms with Crippen molar-refractivity contribution in [2.75, 3.05) is 0 Å². The Kier molecular flexibility index (Phi) is 2.11. The number of hydrogen-bond acceptors (Lipinski definition) is 1. The van der Waals surface area contributed by atoms with E-state index in [4.69, 9.17) is 6.42 Å². The van der Waals surface area contributed by atoms with Gasteiger partial charge in [0.1, 0.15) is 0 Å². The predicted molar refractivity (Wildman–Crippen MR) is 56.8 cm³/mol. The molecule has 1 aromatic rings. The minimum absolute atomic E-state index is 0.0369. The second-order valence-corrected chi connectivity index (χ2v) is 4.57. The zero-order valence-electron chi connectivity index (χ0n) is 8.83. The number of aromatic nitrogens is 2. The molecule has 0 saturated heterocycles. The summed E-state index contributed by atoms with van der Waals surface area (Å²) in [6.45, 7) is 5.35. The molecule has 2 rings (SSSR count). The van der Waals surface area contributed by atoms with Gasteiger partial charge in [-0.15, -0.1) is 6.42 Å². The number of nitrogens with zero attached hydrogens (tertiary/aromatic N) is 2. The Morgan fingerprint density at radius 1 is 1.64 bits per heavy atom. The lowest BCUT2D eigenvalue weighted by molar-refractivity contribution is 0.482. The van der Waals surface area contributed by atoms with Crippen LogP contribution in [0.1, 0.15) is 32.3 Å². The third-order valence-corrected chi connectivity index (χ3v) is 2.76. The van der Waals surface area contributed by atoms with Crippen LogP contribution in [0.25, 0.3) is 0 Å². The van der Waals surface area contributed by atoms with Crippen LogP contribution in [0.5, 0.6) is 0 Å². The first kappa shape index (κ1) is 9.33. The zero-order valence-corrected chi connectivity index (χ0v) is 8.83. The fourth-order valence-corrected chi connectivity index (χ4v) is 1.73. The van der Waals surface area contributed by atoms with E-state index < -0.39 is 0 Å². The maximum Gasteiger partial charge on any atom is 0.0592 e. The van der Waals surface area contributed by atoms with Gasteiger partial charge in [0.2, 0.25) is 0 Å². The van der Waals surface area contributed by atoms with E-state index in [0.29, 0.717) is 5.92 Å². The molecule has 1 aromatic heterocycles. The van der Waals surface area contributed by atoms with Crippen molar-refractivity contribution in [3.63, 3.8) is 0 Å². The van der Waals surface area contributed by atoms with Crippen LogP contribution in [0, 0.1) is 18.3 Å². The topological polar surface area (TPSA) is 17.8 Å². The Morgan fingerprint density at radius 2 is 2.36 bits per heavy atom. The van der Waals surface area contributed by atoms with Crippen LogP contribution in [-0.2, 0) is 12.0 Å². The summed E-state index contributed by atoms with van der Waals surface area (Å²) in [5.74, 6) is 3.51. The summed E-state index contributed by atoms with van der Waals surface area (Å²) in [6, 6.07) is 0. The molecule has 1 aliphatic rings. The van der Waals surface area contributed by atoms with Crippen LogP contribution in [0.2, 0.25) is 0 Å². The van der Waals surface area contributed by atoms with E-state index in [1.165, 1.54) is 5.56 Å². The van der Waals surface area contributed by atoms with Crippen LogP contribution >= 0.6 is 0 Å². The molecule has 0 unspecified atom stereocenters. The van der Waals surface area contributed by atoms with E-state index in [9.17, 15) is 0 Å². The first-order chi connectivity index (χ1) is 6.66. The summed E-state index contributed by atoms with van der Waals surface area (Å²) in [4.78, 5) is 0. The Balaban J connectivity index is 2.15. The second kappa shape index (κ2) is 3.16. The molecule has 2 nitrogen and oxygen atoms in total. The molecule has 0 aliphatic heterocycles. The van der Waals surface area contributed by atoms with Gasteiger partial charge < -0.3 is 0 Å². The minimum Gasteiger partial charge on any atom is -0.272 e. The van der Waals surface area contributed by atoms with Crippen molar-refractivity contribution < 1.29 is 0 Å². The first-order valence-electron chi connectivity index (χ1n) is 5.17. The molecule has 1 fully saturated rings. The SMILES string of the molecule is C#CC1(c2cnn(CC(C)C)c2)CC1. The van der Waals surface area contributed by atoms with Crippen molar-refractivity contribution in [1.29, 1.82) is 0 Å². The fraction of sp³-hybridized carbons (Fsp3) is 0.583. The van der Waals surface area contributed by atoms with Gasteiger partial charge in [0.25, 0.3) is 0 Å². The third-order valence-electron chi connectivity index (χ3n) is 2.76. The van der Waals surface area contributed by atoms with Gasteiger partial charge in [0.05, 0.1) is 11.6 Å². The summed E-state index contributed by atoms with van der Waals surface area (Å²) in [7, 11) is 0. The molecule has 0 N–H and O–H groups in total. The van der Waals surface area contributed by atoms with Gasteiger partial charge in [-0.2, -0.15) is 5.10 Å². The van der Waals surface area contributed by atoms with Crippen LogP contribution < -0.4 is 0 Å². The maximum atomic E-state index is 5.52. The van der Waals surface area contributed by atoms with Crippen molar-refractivity contribution in [3.8, 4) is 12.3 Å². The van der Waals surface area contributed by atoms with Crippen molar-refractivity contribution in [3.05, 3.63) is 18.0 Å². The highest BCUT2D eigenvalue weighted by Gasteiger charge is 2.43. The summed E-state index contributed by atoms with van der Waals surface area (Å²) in [5, 5.41) is 4.33. The lowest BCUT2D eigenvalue weighted by Gasteiger charge is -2.04. The molecule has 0 amide bonds. The molecule has 1 saturated carbocycles. The number of terminal acetylenes is 1. The second-order valence-electron chi connectivity index (χ2n) is 4.57. The van der Waals surface area contributed by atoms with Gasteiger partial charge in [-0.1, -0.05) is 19.8 Å². The zero-order chi connectivity index (χ0) is 10.2. The standard InChI is InChI=1S/C12H16N2/c1-4-12(5-6-12)11-7-13-14(9-11)8-10(2)3/h1,7,9-10H,5-6,8H2,2-3H3. The molecule has 0 aromatic carbocycles. The highest BCUT2D eigenvalue weighted by Crippen LogP contribution is 2.47. The van der Waals surface area contributed by atoms with E-state index in [2.05, 4.69) is 31.1 Å². The summed E-state index contributed by atoms with van der Waals surface area (Å²) < 4.78 is 2.00. The highest BCUT2D eigenvalue weighted by atomic mass is 15.3. The van der Waals surface area contributed by atoms with Crippen molar-refractivity contribution >= 4 is 0 Å². The molecule has 0 spiro atoms. The van der Waals surface area contributed by atoms with E-state index in [1.54, 1.807) is 0 Å². The highest BCUT2D eigenvalue weighted by molar-refractivity contribution is 5.37. The molecule has 14 heavy (non-hydrogen) atoms. The van der Waals surface area contributed by atoms with Gasteiger partial charge in [-0.25, -0.2) is 0 Å². The van der Waals surface area contributed by atoms with Crippen molar-refractivity contribution in [2.24, 2.45) is 5.92 Å². The lowest BCUT2D eigenvalue weighted by Crippen LogP contribution is -2.05. The van der Waals surface area contributed by atoms with Gasteiger partial charge in [-0.3, -0.25) is 4.68 Å². The van der Waals surface area contributed by atoms with E-state index in [1.807, 2.05) is 10.9 Å². The van der Waals surface area contributed by atoms with Crippen LogP contribution in [0.15, 0.2) is 12.4 Å². The predicted octanol–water partition coefficient (Wildman–Crippen LogP) is 2.20. The van der Waals surface area contributed by atoms with Gasteiger partial charge in [0.15, 0.2) is 0 Å². The van der Waals surface area contributed by atoms with Gasteiger partial charge in [-0.05, 0) is 18.8 Å².